The van der Waals surface area contributed by atoms with Crippen LogP contribution in [0.2, 0.25) is 0 Å². The summed E-state index contributed by atoms with van der Waals surface area (Å²) in [5, 5.41) is 5.87. The van der Waals surface area contributed by atoms with Gasteiger partial charge in [0, 0.05) is 24.7 Å². The summed E-state index contributed by atoms with van der Waals surface area (Å²) in [6.45, 7) is 1.49. The smallest absolute Gasteiger partial charge is 0.251 e. The third-order valence-corrected chi connectivity index (χ3v) is 3.93. The van der Waals surface area contributed by atoms with Gasteiger partial charge in [0.1, 0.15) is 5.75 Å². The van der Waals surface area contributed by atoms with Crippen LogP contribution in [0.4, 0.5) is 0 Å². The summed E-state index contributed by atoms with van der Waals surface area (Å²) in [5.74, 6) is 0.402. The summed E-state index contributed by atoms with van der Waals surface area (Å²) in [6.07, 6.45) is 2.07. The Morgan fingerprint density at radius 1 is 1.30 bits per heavy atom. The molecule has 1 atom stereocenters. The molecule has 2 rings (SSSR count). The van der Waals surface area contributed by atoms with E-state index < -0.39 is 0 Å². The van der Waals surface area contributed by atoms with Crippen LogP contribution in [0.25, 0.3) is 0 Å². The van der Waals surface area contributed by atoms with Crippen LogP contribution in [0.1, 0.15) is 23.2 Å². The molecule has 1 unspecified atom stereocenters. The zero-order valence-electron chi connectivity index (χ0n) is 13.5. The third-order valence-electron chi connectivity index (χ3n) is 3.93. The Morgan fingerprint density at radius 3 is 2.61 bits per heavy atom. The van der Waals surface area contributed by atoms with Gasteiger partial charge in [-0.1, -0.05) is 0 Å². The van der Waals surface area contributed by atoms with Crippen molar-refractivity contribution in [3.8, 4) is 5.75 Å². The van der Waals surface area contributed by atoms with Gasteiger partial charge in [0.05, 0.1) is 13.7 Å². The van der Waals surface area contributed by atoms with Gasteiger partial charge in [-0.25, -0.2) is 0 Å². The lowest BCUT2D eigenvalue weighted by Gasteiger charge is -2.32. The molecule has 0 aliphatic carbocycles. The van der Waals surface area contributed by atoms with E-state index in [-0.39, 0.29) is 30.8 Å². The number of piperidine rings is 1. The van der Waals surface area contributed by atoms with Crippen LogP contribution < -0.4 is 15.4 Å². The van der Waals surface area contributed by atoms with Crippen LogP contribution in [0, 0.1) is 0 Å². The molecule has 1 aliphatic heterocycles. The summed E-state index contributed by atoms with van der Waals surface area (Å²) in [4.78, 5) is 26.0. The first-order valence-electron chi connectivity index (χ1n) is 7.51. The molecule has 6 nitrogen and oxygen atoms in total. The highest BCUT2D eigenvalue weighted by atomic mass is 35.5. The molecule has 23 heavy (non-hydrogen) atoms. The Morgan fingerprint density at radius 2 is 2.00 bits per heavy atom. The van der Waals surface area contributed by atoms with Crippen molar-refractivity contribution in [2.24, 2.45) is 0 Å². The highest BCUT2D eigenvalue weighted by Crippen LogP contribution is 2.11. The normalized spacial score (nSPS) is 17.1. The number of hydrogen-bond donors (Lipinski definition) is 2. The van der Waals surface area contributed by atoms with Crippen LogP contribution in [-0.4, -0.2) is 56.5 Å². The van der Waals surface area contributed by atoms with Gasteiger partial charge in [0.2, 0.25) is 5.91 Å². The molecule has 0 bridgehead atoms. The number of carbonyl (C=O) groups is 2. The Bertz CT molecular complexity index is 522. The molecule has 0 aromatic heterocycles. The molecule has 1 aliphatic rings. The van der Waals surface area contributed by atoms with Gasteiger partial charge in [0.15, 0.2) is 0 Å². The molecule has 2 N–H and O–H groups in total. The number of likely N-dealkylation sites (tertiary alicyclic amines) is 1. The summed E-state index contributed by atoms with van der Waals surface area (Å²) in [5.41, 5.74) is 0.514. The van der Waals surface area contributed by atoms with E-state index in [1.807, 2.05) is 7.05 Å². The van der Waals surface area contributed by atoms with Crippen LogP contribution >= 0.6 is 12.4 Å². The van der Waals surface area contributed by atoms with Crippen LogP contribution in [0.15, 0.2) is 24.3 Å². The van der Waals surface area contributed by atoms with Crippen LogP contribution in [-0.2, 0) is 4.79 Å². The standard InChI is InChI=1S/C16H23N3O3.ClH/c1-17-13-4-3-9-19(11-13)15(20)10-18-16(21)12-5-7-14(22-2)8-6-12;/h5-8,13,17H,3-4,9-11H2,1-2H3,(H,18,21);1H. The van der Waals surface area contributed by atoms with E-state index in [0.29, 0.717) is 23.9 Å². The van der Waals surface area contributed by atoms with Gasteiger partial charge in [-0.2, -0.15) is 0 Å². The van der Waals surface area contributed by atoms with Crippen molar-refractivity contribution in [1.29, 1.82) is 0 Å². The Labute approximate surface area is 143 Å². The Kier molecular flexibility index (Phi) is 7.85. The molecule has 2 amide bonds. The van der Waals surface area contributed by atoms with Crippen molar-refractivity contribution in [2.75, 3.05) is 33.8 Å². The van der Waals surface area contributed by atoms with Gasteiger partial charge in [-0.05, 0) is 44.2 Å². The zero-order chi connectivity index (χ0) is 15.9. The van der Waals surface area contributed by atoms with E-state index >= 15 is 0 Å². The molecule has 1 heterocycles. The number of halogens is 1. The fraction of sp³-hybridized carbons (Fsp3) is 0.500. The molecule has 0 saturated carbocycles. The minimum Gasteiger partial charge on any atom is -0.497 e. The number of rotatable bonds is 5. The van der Waals surface area contributed by atoms with Crippen molar-refractivity contribution in [1.82, 2.24) is 15.5 Å². The van der Waals surface area contributed by atoms with Gasteiger partial charge >= 0.3 is 0 Å². The fourth-order valence-corrected chi connectivity index (χ4v) is 2.55. The van der Waals surface area contributed by atoms with Crippen molar-refractivity contribution < 1.29 is 14.3 Å². The van der Waals surface area contributed by atoms with E-state index in [9.17, 15) is 9.59 Å². The van der Waals surface area contributed by atoms with E-state index in [0.717, 1.165) is 19.4 Å². The molecule has 128 valence electrons. The quantitative estimate of drug-likeness (QED) is 0.840. The summed E-state index contributed by atoms with van der Waals surface area (Å²) < 4.78 is 5.05. The summed E-state index contributed by atoms with van der Waals surface area (Å²) in [7, 11) is 3.48. The SMILES string of the molecule is CNC1CCCN(C(=O)CNC(=O)c2ccc(OC)cc2)C1.Cl. The lowest BCUT2D eigenvalue weighted by Crippen LogP contribution is -2.49. The van der Waals surface area contributed by atoms with Crippen LogP contribution in [0.3, 0.4) is 0 Å². The predicted octanol–water partition coefficient (Wildman–Crippen LogP) is 1.06. The number of amides is 2. The van der Waals surface area contributed by atoms with Crippen molar-refractivity contribution in [3.05, 3.63) is 29.8 Å². The number of ether oxygens (including phenoxy) is 1. The predicted molar refractivity (Wildman–Crippen MR) is 91.2 cm³/mol. The number of likely N-dealkylation sites (N-methyl/N-ethyl adjacent to an activating group) is 1. The molecular weight excluding hydrogens is 318 g/mol. The fourth-order valence-electron chi connectivity index (χ4n) is 2.55. The molecule has 1 aromatic carbocycles. The molecule has 7 heteroatoms. The average molecular weight is 342 g/mol. The first kappa shape index (κ1) is 19.3. The maximum atomic E-state index is 12.2. The lowest BCUT2D eigenvalue weighted by molar-refractivity contribution is -0.131. The second-order valence-corrected chi connectivity index (χ2v) is 5.38. The lowest BCUT2D eigenvalue weighted by atomic mass is 10.1. The highest BCUT2D eigenvalue weighted by Gasteiger charge is 2.22. The topological polar surface area (TPSA) is 70.7 Å². The largest absolute Gasteiger partial charge is 0.497 e. The van der Waals surface area contributed by atoms with Gasteiger partial charge in [0.25, 0.3) is 5.91 Å². The second-order valence-electron chi connectivity index (χ2n) is 5.38. The van der Waals surface area contributed by atoms with E-state index in [2.05, 4.69) is 10.6 Å². The summed E-state index contributed by atoms with van der Waals surface area (Å²) >= 11 is 0. The highest BCUT2D eigenvalue weighted by molar-refractivity contribution is 5.96. The molecule has 1 aromatic rings. The first-order valence-corrected chi connectivity index (χ1v) is 7.51. The number of nitrogens with zero attached hydrogens (tertiary/aromatic N) is 1. The first-order chi connectivity index (χ1) is 10.6. The maximum Gasteiger partial charge on any atom is 0.251 e. The van der Waals surface area contributed by atoms with E-state index in [1.54, 1.807) is 36.3 Å². The molecule has 0 spiro atoms. The molecule has 0 radical (unpaired) electrons. The monoisotopic (exact) mass is 341 g/mol. The van der Waals surface area contributed by atoms with Gasteiger partial charge in [-0.15, -0.1) is 12.4 Å². The number of carbonyl (C=O) groups excluding carboxylic acids is 2. The maximum absolute atomic E-state index is 12.2. The average Bonchev–Trinajstić information content (AvgIpc) is 2.59. The third kappa shape index (κ3) is 5.41. The Balaban J connectivity index is 0.00000264. The Hall–Kier alpha value is -1.79. The second kappa shape index (κ2) is 9.37. The van der Waals surface area contributed by atoms with Crippen molar-refractivity contribution in [3.63, 3.8) is 0 Å². The summed E-state index contributed by atoms with van der Waals surface area (Å²) in [6, 6.07) is 7.14. The van der Waals surface area contributed by atoms with E-state index in [1.165, 1.54) is 0 Å². The van der Waals surface area contributed by atoms with E-state index in [4.69, 9.17) is 4.74 Å². The van der Waals surface area contributed by atoms with Crippen molar-refractivity contribution in [2.45, 2.75) is 18.9 Å². The minimum atomic E-state index is -0.252. The zero-order valence-corrected chi connectivity index (χ0v) is 14.3. The molecule has 1 saturated heterocycles. The van der Waals surface area contributed by atoms with Crippen molar-refractivity contribution >= 4 is 24.2 Å². The number of benzene rings is 1. The minimum absolute atomic E-state index is 0. The van der Waals surface area contributed by atoms with Gasteiger partial charge in [-0.3, -0.25) is 9.59 Å². The number of hydrogen-bond acceptors (Lipinski definition) is 4. The van der Waals surface area contributed by atoms with Crippen LogP contribution in [0.5, 0.6) is 5.75 Å². The van der Waals surface area contributed by atoms with Gasteiger partial charge < -0.3 is 20.3 Å². The molecule has 1 fully saturated rings. The number of nitrogens with one attached hydrogen (secondary N) is 2. The number of methoxy groups -OCH3 is 1. The molecular formula is C16H24ClN3O3.